The molecular formula is C11H14ClN3O. The van der Waals surface area contributed by atoms with Crippen LogP contribution in [-0.4, -0.2) is 23.5 Å². The van der Waals surface area contributed by atoms with E-state index in [0.29, 0.717) is 16.4 Å². The van der Waals surface area contributed by atoms with Crippen molar-refractivity contribution in [1.29, 1.82) is 0 Å². The van der Waals surface area contributed by atoms with Crippen molar-refractivity contribution < 1.29 is 4.79 Å². The molecule has 0 bridgehead atoms. The molecule has 1 saturated carbocycles. The number of aromatic nitrogens is 1. The molecule has 1 aliphatic rings. The molecule has 0 atom stereocenters. The van der Waals surface area contributed by atoms with Gasteiger partial charge in [0.15, 0.2) is 0 Å². The molecule has 1 aromatic heterocycles. The minimum absolute atomic E-state index is 0.0382. The molecule has 1 amide bonds. The van der Waals surface area contributed by atoms with Crippen molar-refractivity contribution in [2.24, 2.45) is 0 Å². The Labute approximate surface area is 99.4 Å². The molecule has 0 radical (unpaired) electrons. The summed E-state index contributed by atoms with van der Waals surface area (Å²) in [5.41, 5.74) is 0.429. The maximum absolute atomic E-state index is 11.9. The lowest BCUT2D eigenvalue weighted by Gasteiger charge is -2.12. The topological polar surface area (TPSA) is 54.0 Å². The average molecular weight is 240 g/mol. The summed E-state index contributed by atoms with van der Waals surface area (Å²) in [6, 6.07) is 1.66. The summed E-state index contributed by atoms with van der Waals surface area (Å²) in [5.74, 6) is 0.499. The van der Waals surface area contributed by atoms with Crippen molar-refractivity contribution in [3.8, 4) is 0 Å². The Balaban J connectivity index is 2.21. The fourth-order valence-corrected chi connectivity index (χ4v) is 1.59. The van der Waals surface area contributed by atoms with Crippen molar-refractivity contribution in [2.75, 3.05) is 12.4 Å². The molecule has 1 heterocycles. The van der Waals surface area contributed by atoms with E-state index in [9.17, 15) is 4.79 Å². The second kappa shape index (κ2) is 3.94. The third kappa shape index (κ3) is 2.27. The molecule has 2 N–H and O–H groups in total. The van der Waals surface area contributed by atoms with Gasteiger partial charge >= 0.3 is 0 Å². The van der Waals surface area contributed by atoms with Crippen LogP contribution in [0.4, 0.5) is 5.82 Å². The first-order chi connectivity index (χ1) is 7.54. The van der Waals surface area contributed by atoms with Gasteiger partial charge in [0.05, 0.1) is 10.6 Å². The maximum atomic E-state index is 11.9. The number of hydrogen-bond acceptors (Lipinski definition) is 3. The lowest BCUT2D eigenvalue weighted by atomic mass is 10.2. The summed E-state index contributed by atoms with van der Waals surface area (Å²) >= 11 is 5.95. The molecule has 4 nitrogen and oxygen atoms in total. The van der Waals surface area contributed by atoms with Crippen LogP contribution in [0, 0.1) is 0 Å². The van der Waals surface area contributed by atoms with Gasteiger partial charge in [-0.05, 0) is 25.8 Å². The van der Waals surface area contributed by atoms with Crippen molar-refractivity contribution in [3.63, 3.8) is 0 Å². The van der Waals surface area contributed by atoms with E-state index in [-0.39, 0.29) is 11.4 Å². The van der Waals surface area contributed by atoms with E-state index in [1.54, 1.807) is 13.1 Å². The van der Waals surface area contributed by atoms with E-state index >= 15 is 0 Å². The second-order valence-corrected chi connectivity index (χ2v) is 4.72. The minimum atomic E-state index is -0.135. The number of nitrogens with one attached hydrogen (secondary N) is 2. The summed E-state index contributed by atoms with van der Waals surface area (Å²) in [7, 11) is 1.75. The number of anilines is 1. The lowest BCUT2D eigenvalue weighted by molar-refractivity contribution is 0.0935. The van der Waals surface area contributed by atoms with Crippen molar-refractivity contribution in [3.05, 3.63) is 22.8 Å². The Morgan fingerprint density at radius 2 is 2.25 bits per heavy atom. The molecule has 5 heteroatoms. The smallest absolute Gasteiger partial charge is 0.253 e. The third-order valence-corrected chi connectivity index (χ3v) is 3.07. The first kappa shape index (κ1) is 11.2. The minimum Gasteiger partial charge on any atom is -0.373 e. The number of rotatable bonds is 3. The quantitative estimate of drug-likeness (QED) is 0.849. The number of carbonyl (C=O) groups is 1. The summed E-state index contributed by atoms with van der Waals surface area (Å²) in [5, 5.41) is 6.21. The van der Waals surface area contributed by atoms with Crippen molar-refractivity contribution in [1.82, 2.24) is 10.3 Å². The monoisotopic (exact) mass is 239 g/mol. The number of halogens is 1. The lowest BCUT2D eigenvalue weighted by Crippen LogP contribution is -2.34. The fraction of sp³-hybridized carbons (Fsp3) is 0.455. The average Bonchev–Trinajstić information content (AvgIpc) is 2.96. The zero-order valence-corrected chi connectivity index (χ0v) is 10.1. The SMILES string of the molecule is CNc1cc(C(=O)NC2(C)CC2)c(Cl)cn1. The van der Waals surface area contributed by atoms with Gasteiger partial charge in [0.2, 0.25) is 0 Å². The van der Waals surface area contributed by atoms with E-state index in [0.717, 1.165) is 12.8 Å². The molecule has 1 aromatic rings. The highest BCUT2D eigenvalue weighted by atomic mass is 35.5. The molecular weight excluding hydrogens is 226 g/mol. The number of nitrogens with zero attached hydrogens (tertiary/aromatic N) is 1. The van der Waals surface area contributed by atoms with Crippen LogP contribution in [0.25, 0.3) is 0 Å². The van der Waals surface area contributed by atoms with E-state index in [4.69, 9.17) is 11.6 Å². The van der Waals surface area contributed by atoms with E-state index < -0.39 is 0 Å². The van der Waals surface area contributed by atoms with Crippen LogP contribution in [0.2, 0.25) is 5.02 Å². The Hall–Kier alpha value is -1.29. The van der Waals surface area contributed by atoms with Crippen LogP contribution in [0.3, 0.4) is 0 Å². The highest BCUT2D eigenvalue weighted by Gasteiger charge is 2.39. The van der Waals surface area contributed by atoms with E-state index in [1.165, 1.54) is 6.20 Å². The summed E-state index contributed by atoms with van der Waals surface area (Å²) < 4.78 is 0. The summed E-state index contributed by atoms with van der Waals surface area (Å²) in [6.45, 7) is 2.03. The van der Waals surface area contributed by atoms with Gasteiger partial charge in [0, 0.05) is 18.8 Å². The fourth-order valence-electron chi connectivity index (χ4n) is 1.40. The number of hydrogen-bond donors (Lipinski definition) is 2. The predicted octanol–water partition coefficient (Wildman–Crippen LogP) is 2.06. The summed E-state index contributed by atoms with van der Waals surface area (Å²) in [6.07, 6.45) is 3.54. The molecule has 0 unspecified atom stereocenters. The Morgan fingerprint density at radius 1 is 1.56 bits per heavy atom. The number of carbonyl (C=O) groups excluding carboxylic acids is 1. The van der Waals surface area contributed by atoms with Gasteiger partial charge in [-0.3, -0.25) is 4.79 Å². The van der Waals surface area contributed by atoms with Crippen LogP contribution in [0.15, 0.2) is 12.3 Å². The van der Waals surface area contributed by atoms with Crippen molar-refractivity contribution >= 4 is 23.3 Å². The maximum Gasteiger partial charge on any atom is 0.253 e. The van der Waals surface area contributed by atoms with Crippen LogP contribution >= 0.6 is 11.6 Å². The highest BCUT2D eigenvalue weighted by molar-refractivity contribution is 6.33. The molecule has 16 heavy (non-hydrogen) atoms. The Kier molecular flexibility index (Phi) is 2.76. The Bertz CT molecular complexity index is 429. The van der Waals surface area contributed by atoms with Gasteiger partial charge in [-0.2, -0.15) is 0 Å². The van der Waals surface area contributed by atoms with Crippen molar-refractivity contribution in [2.45, 2.75) is 25.3 Å². The summed E-state index contributed by atoms with van der Waals surface area (Å²) in [4.78, 5) is 16.0. The largest absolute Gasteiger partial charge is 0.373 e. The molecule has 0 saturated heterocycles. The Morgan fingerprint density at radius 3 is 2.81 bits per heavy atom. The van der Waals surface area contributed by atoms with Crippen LogP contribution in [0.5, 0.6) is 0 Å². The molecule has 0 spiro atoms. The van der Waals surface area contributed by atoms with Crippen LogP contribution in [-0.2, 0) is 0 Å². The van der Waals surface area contributed by atoms with Gasteiger partial charge in [0.1, 0.15) is 5.82 Å². The van der Waals surface area contributed by atoms with Crippen LogP contribution < -0.4 is 10.6 Å². The molecule has 1 aliphatic carbocycles. The molecule has 2 rings (SSSR count). The molecule has 0 aromatic carbocycles. The van der Waals surface area contributed by atoms with Gasteiger partial charge < -0.3 is 10.6 Å². The first-order valence-corrected chi connectivity index (χ1v) is 5.58. The zero-order chi connectivity index (χ0) is 11.8. The molecule has 0 aliphatic heterocycles. The van der Waals surface area contributed by atoms with Gasteiger partial charge in [-0.15, -0.1) is 0 Å². The highest BCUT2D eigenvalue weighted by Crippen LogP contribution is 2.34. The van der Waals surface area contributed by atoms with E-state index in [1.807, 2.05) is 6.92 Å². The van der Waals surface area contributed by atoms with Gasteiger partial charge in [-0.1, -0.05) is 11.6 Å². The van der Waals surface area contributed by atoms with Gasteiger partial charge in [0.25, 0.3) is 5.91 Å². The standard InChI is InChI=1S/C11H14ClN3O/c1-11(3-4-11)15-10(16)7-5-9(13-2)14-6-8(7)12/h5-6H,3-4H2,1-2H3,(H,13,14)(H,15,16). The third-order valence-electron chi connectivity index (χ3n) is 2.77. The predicted molar refractivity (Wildman–Crippen MR) is 63.9 cm³/mol. The van der Waals surface area contributed by atoms with Crippen LogP contribution in [0.1, 0.15) is 30.1 Å². The normalized spacial score (nSPS) is 16.7. The number of pyridine rings is 1. The second-order valence-electron chi connectivity index (χ2n) is 4.31. The molecule has 86 valence electrons. The first-order valence-electron chi connectivity index (χ1n) is 5.20. The zero-order valence-electron chi connectivity index (χ0n) is 9.30. The van der Waals surface area contributed by atoms with E-state index in [2.05, 4.69) is 15.6 Å². The van der Waals surface area contributed by atoms with Gasteiger partial charge in [-0.25, -0.2) is 4.98 Å². The number of amides is 1. The molecule has 1 fully saturated rings.